The number of hydrogen-bond donors (Lipinski definition) is 2. The first kappa shape index (κ1) is 21.0. The summed E-state index contributed by atoms with van der Waals surface area (Å²) in [6.45, 7) is 2.14. The van der Waals surface area contributed by atoms with E-state index in [2.05, 4.69) is 27.8 Å². The highest BCUT2D eigenvalue weighted by Crippen LogP contribution is 2.17. The molecule has 0 aliphatic rings. The first-order valence-electron chi connectivity index (χ1n) is 9.60. The maximum atomic E-state index is 12.0. The van der Waals surface area contributed by atoms with Gasteiger partial charge in [0.2, 0.25) is 16.9 Å². The number of rotatable bonds is 12. The zero-order valence-electron chi connectivity index (χ0n) is 15.9. The van der Waals surface area contributed by atoms with E-state index in [0.717, 1.165) is 23.4 Å². The standard InChI is InChI=1S/C20H28N4O2S/c1-2-3-4-5-6-10-13-19-23-24-20(27-19)22-18(26)15-21-17(25)14-16-11-8-7-9-12-16/h7-9,11-12H,2-6,10,13-15H2,1H3,(H,21,25)(H,22,24,26). The first-order chi connectivity index (χ1) is 13.2. The number of aryl methyl sites for hydroxylation is 1. The van der Waals surface area contributed by atoms with Crippen LogP contribution in [0, 0.1) is 0 Å². The van der Waals surface area contributed by atoms with E-state index < -0.39 is 0 Å². The van der Waals surface area contributed by atoms with Crippen molar-refractivity contribution in [1.29, 1.82) is 0 Å². The predicted molar refractivity (Wildman–Crippen MR) is 109 cm³/mol. The molecule has 7 heteroatoms. The summed E-state index contributed by atoms with van der Waals surface area (Å²) in [6.07, 6.45) is 8.57. The molecular weight excluding hydrogens is 360 g/mol. The molecule has 2 rings (SSSR count). The molecule has 2 amide bonds. The van der Waals surface area contributed by atoms with E-state index in [1.54, 1.807) is 0 Å². The van der Waals surface area contributed by atoms with E-state index in [1.807, 2.05) is 30.3 Å². The molecule has 0 radical (unpaired) electrons. The highest BCUT2D eigenvalue weighted by atomic mass is 32.1. The van der Waals surface area contributed by atoms with Crippen molar-refractivity contribution in [3.8, 4) is 0 Å². The van der Waals surface area contributed by atoms with Crippen LogP contribution in [0.4, 0.5) is 5.13 Å². The number of unbranched alkanes of at least 4 members (excludes halogenated alkanes) is 5. The van der Waals surface area contributed by atoms with E-state index in [0.29, 0.717) is 5.13 Å². The Hall–Kier alpha value is -2.28. The van der Waals surface area contributed by atoms with E-state index in [1.165, 1.54) is 43.4 Å². The quantitative estimate of drug-likeness (QED) is 0.543. The van der Waals surface area contributed by atoms with Crippen molar-refractivity contribution in [2.45, 2.75) is 58.3 Å². The molecule has 0 atom stereocenters. The topological polar surface area (TPSA) is 84.0 Å². The van der Waals surface area contributed by atoms with Crippen LogP contribution >= 0.6 is 11.3 Å². The summed E-state index contributed by atoms with van der Waals surface area (Å²) >= 11 is 1.40. The van der Waals surface area contributed by atoms with Crippen LogP contribution in [0.3, 0.4) is 0 Å². The summed E-state index contributed by atoms with van der Waals surface area (Å²) < 4.78 is 0. The van der Waals surface area contributed by atoms with Crippen LogP contribution in [0.1, 0.15) is 56.0 Å². The molecule has 0 aliphatic heterocycles. The maximum Gasteiger partial charge on any atom is 0.245 e. The van der Waals surface area contributed by atoms with Gasteiger partial charge in [0.1, 0.15) is 5.01 Å². The fraction of sp³-hybridized carbons (Fsp3) is 0.500. The number of amides is 2. The number of hydrogen-bond acceptors (Lipinski definition) is 5. The largest absolute Gasteiger partial charge is 0.347 e. The summed E-state index contributed by atoms with van der Waals surface area (Å²) in [4.78, 5) is 23.8. The number of anilines is 1. The van der Waals surface area contributed by atoms with Gasteiger partial charge >= 0.3 is 0 Å². The Kier molecular flexibility index (Phi) is 9.48. The summed E-state index contributed by atoms with van der Waals surface area (Å²) in [5.74, 6) is -0.476. The predicted octanol–water partition coefficient (Wildman–Crippen LogP) is 3.74. The second kappa shape index (κ2) is 12.2. The van der Waals surface area contributed by atoms with Crippen molar-refractivity contribution < 1.29 is 9.59 Å². The third-order valence-corrected chi connectivity index (χ3v) is 5.01. The molecule has 0 aliphatic carbocycles. The van der Waals surface area contributed by atoms with Crippen LogP contribution in [0.15, 0.2) is 30.3 Å². The van der Waals surface area contributed by atoms with Gasteiger partial charge in [-0.3, -0.25) is 14.9 Å². The Morgan fingerprint density at radius 3 is 2.48 bits per heavy atom. The van der Waals surface area contributed by atoms with E-state index in [9.17, 15) is 9.59 Å². The monoisotopic (exact) mass is 388 g/mol. The van der Waals surface area contributed by atoms with Crippen LogP contribution in [0.25, 0.3) is 0 Å². The van der Waals surface area contributed by atoms with Gasteiger partial charge in [-0.2, -0.15) is 0 Å². The summed E-state index contributed by atoms with van der Waals surface area (Å²) in [5, 5.41) is 14.9. The number of benzene rings is 1. The van der Waals surface area contributed by atoms with Gasteiger partial charge in [0.05, 0.1) is 13.0 Å². The van der Waals surface area contributed by atoms with Crippen molar-refractivity contribution in [3.63, 3.8) is 0 Å². The van der Waals surface area contributed by atoms with Gasteiger partial charge < -0.3 is 5.32 Å². The third kappa shape index (κ3) is 8.77. The SMILES string of the molecule is CCCCCCCCc1nnc(NC(=O)CNC(=O)Cc2ccccc2)s1. The molecule has 2 aromatic rings. The first-order valence-corrected chi connectivity index (χ1v) is 10.4. The number of nitrogens with one attached hydrogen (secondary N) is 2. The molecule has 6 nitrogen and oxygen atoms in total. The Bertz CT molecular complexity index is 703. The summed E-state index contributed by atoms with van der Waals surface area (Å²) in [5.41, 5.74) is 0.916. The highest BCUT2D eigenvalue weighted by Gasteiger charge is 2.10. The van der Waals surface area contributed by atoms with Crippen LogP contribution in [0.5, 0.6) is 0 Å². The molecule has 146 valence electrons. The van der Waals surface area contributed by atoms with Gasteiger partial charge in [-0.05, 0) is 12.0 Å². The molecule has 27 heavy (non-hydrogen) atoms. The smallest absolute Gasteiger partial charge is 0.245 e. The van der Waals surface area contributed by atoms with Gasteiger partial charge in [0.25, 0.3) is 0 Å². The average molecular weight is 389 g/mol. The van der Waals surface area contributed by atoms with Crippen LogP contribution in [0.2, 0.25) is 0 Å². The van der Waals surface area contributed by atoms with Crippen LogP contribution < -0.4 is 10.6 Å². The lowest BCUT2D eigenvalue weighted by molar-refractivity contribution is -0.123. The number of aromatic nitrogens is 2. The van der Waals surface area contributed by atoms with E-state index >= 15 is 0 Å². The van der Waals surface area contributed by atoms with E-state index in [4.69, 9.17) is 0 Å². The molecule has 1 heterocycles. The van der Waals surface area contributed by atoms with Crippen LogP contribution in [-0.4, -0.2) is 28.6 Å². The molecule has 0 spiro atoms. The second-order valence-electron chi connectivity index (χ2n) is 6.51. The zero-order chi connectivity index (χ0) is 19.3. The van der Waals surface area contributed by atoms with Crippen molar-refractivity contribution in [3.05, 3.63) is 40.9 Å². The molecule has 0 fully saturated rings. The Labute approximate surface area is 164 Å². The van der Waals surface area contributed by atoms with Crippen molar-refractivity contribution in [2.24, 2.45) is 0 Å². The van der Waals surface area contributed by atoms with Crippen LogP contribution in [-0.2, 0) is 22.4 Å². The lowest BCUT2D eigenvalue weighted by Gasteiger charge is -2.05. The van der Waals surface area contributed by atoms with Crippen molar-refractivity contribution >= 4 is 28.3 Å². The van der Waals surface area contributed by atoms with Gasteiger partial charge in [-0.25, -0.2) is 0 Å². The average Bonchev–Trinajstić information content (AvgIpc) is 3.11. The number of nitrogens with zero attached hydrogens (tertiary/aromatic N) is 2. The number of carbonyl (C=O) groups is 2. The lowest BCUT2D eigenvalue weighted by Crippen LogP contribution is -2.33. The van der Waals surface area contributed by atoms with Gasteiger partial charge in [-0.15, -0.1) is 10.2 Å². The van der Waals surface area contributed by atoms with Crippen molar-refractivity contribution in [2.75, 3.05) is 11.9 Å². The molecule has 0 saturated heterocycles. The van der Waals surface area contributed by atoms with E-state index in [-0.39, 0.29) is 24.8 Å². The molecule has 1 aromatic carbocycles. The lowest BCUT2D eigenvalue weighted by atomic mass is 10.1. The molecule has 0 saturated carbocycles. The van der Waals surface area contributed by atoms with Gasteiger partial charge in [0, 0.05) is 6.42 Å². The van der Waals surface area contributed by atoms with Gasteiger partial charge in [0.15, 0.2) is 0 Å². The minimum absolute atomic E-state index is 0.0714. The Balaban J connectivity index is 1.62. The second-order valence-corrected chi connectivity index (χ2v) is 7.57. The molecule has 1 aromatic heterocycles. The fourth-order valence-corrected chi connectivity index (χ4v) is 3.45. The van der Waals surface area contributed by atoms with Crippen molar-refractivity contribution in [1.82, 2.24) is 15.5 Å². The minimum Gasteiger partial charge on any atom is -0.347 e. The molecule has 0 unspecified atom stereocenters. The molecule has 2 N–H and O–H groups in total. The minimum atomic E-state index is -0.293. The Morgan fingerprint density at radius 2 is 1.70 bits per heavy atom. The normalized spacial score (nSPS) is 10.6. The summed E-state index contributed by atoms with van der Waals surface area (Å²) in [7, 11) is 0. The highest BCUT2D eigenvalue weighted by molar-refractivity contribution is 7.15. The molecule has 0 bridgehead atoms. The van der Waals surface area contributed by atoms with Gasteiger partial charge in [-0.1, -0.05) is 80.7 Å². The third-order valence-electron chi connectivity index (χ3n) is 4.11. The maximum absolute atomic E-state index is 12.0. The zero-order valence-corrected chi connectivity index (χ0v) is 16.7. The molecular formula is C20H28N4O2S. The number of carbonyl (C=O) groups excluding carboxylic acids is 2. The summed E-state index contributed by atoms with van der Waals surface area (Å²) in [6, 6.07) is 9.43. The Morgan fingerprint density at radius 1 is 0.963 bits per heavy atom. The fourth-order valence-electron chi connectivity index (χ4n) is 2.65.